The first-order valence-electron chi connectivity index (χ1n) is 7.86. The number of methoxy groups -OCH3 is 1. The lowest BCUT2D eigenvalue weighted by Gasteiger charge is -2.08. The lowest BCUT2D eigenvalue weighted by molar-refractivity contribution is 0.0600. The van der Waals surface area contributed by atoms with E-state index in [2.05, 4.69) is 15.0 Å². The van der Waals surface area contributed by atoms with Gasteiger partial charge in [-0.05, 0) is 29.8 Å². The zero-order chi connectivity index (χ0) is 19.6. The number of aromatic nitrogens is 1. The fourth-order valence-electron chi connectivity index (χ4n) is 2.57. The van der Waals surface area contributed by atoms with Crippen LogP contribution >= 0.6 is 11.6 Å². The Labute approximate surface area is 157 Å². The number of nitrogens with one attached hydrogen (secondary N) is 2. The monoisotopic (exact) mass is 388 g/mol. The Morgan fingerprint density at radius 1 is 1.22 bits per heavy atom. The first-order chi connectivity index (χ1) is 12.9. The lowest BCUT2D eigenvalue weighted by atomic mass is 10.1. The molecule has 0 saturated carbocycles. The number of aromatic amines is 1. The Bertz CT molecular complexity index is 1090. The number of fused-ring (bicyclic) bond motifs is 1. The summed E-state index contributed by atoms with van der Waals surface area (Å²) in [4.78, 5) is 39.2. The van der Waals surface area contributed by atoms with Crippen LogP contribution in [0.15, 0.2) is 47.4 Å². The van der Waals surface area contributed by atoms with Gasteiger partial charge in [0.05, 0.1) is 23.6 Å². The molecule has 0 aliphatic rings. The molecule has 2 aromatic carbocycles. The van der Waals surface area contributed by atoms with Gasteiger partial charge in [-0.2, -0.15) is 0 Å². The molecule has 0 spiro atoms. The van der Waals surface area contributed by atoms with Crippen molar-refractivity contribution < 1.29 is 18.7 Å². The number of carbonyl (C=O) groups excluding carboxylic acids is 2. The Kier molecular flexibility index (Phi) is 5.23. The van der Waals surface area contributed by atoms with Crippen molar-refractivity contribution in [2.24, 2.45) is 0 Å². The summed E-state index contributed by atoms with van der Waals surface area (Å²) >= 11 is 5.81. The molecule has 0 saturated heterocycles. The van der Waals surface area contributed by atoms with E-state index in [-0.39, 0.29) is 28.6 Å². The first-order valence-corrected chi connectivity index (χ1v) is 8.24. The minimum absolute atomic E-state index is 0.0955. The largest absolute Gasteiger partial charge is 0.465 e. The maximum atomic E-state index is 14.2. The second-order valence-corrected chi connectivity index (χ2v) is 6.15. The third-order valence-electron chi connectivity index (χ3n) is 3.97. The standard InChI is InChI=1S/C19H14ClFN2O4/c1-27-19(26)11-6-13-16(15(21)7-11)22-9-14(17(13)24)18(25)23-8-10-2-4-12(20)5-3-10/h2-7,9H,8H2,1H3,(H,22,24)(H,23,25). The number of pyridine rings is 1. The van der Waals surface area contributed by atoms with Crippen molar-refractivity contribution in [1.29, 1.82) is 0 Å². The molecule has 0 fully saturated rings. The molecular weight excluding hydrogens is 375 g/mol. The molecule has 27 heavy (non-hydrogen) atoms. The second kappa shape index (κ2) is 7.59. The van der Waals surface area contributed by atoms with Crippen LogP contribution in [0.2, 0.25) is 5.02 Å². The Morgan fingerprint density at radius 3 is 2.59 bits per heavy atom. The summed E-state index contributed by atoms with van der Waals surface area (Å²) in [5.74, 6) is -2.21. The highest BCUT2D eigenvalue weighted by Gasteiger charge is 2.17. The van der Waals surface area contributed by atoms with Gasteiger partial charge in [0, 0.05) is 17.8 Å². The van der Waals surface area contributed by atoms with E-state index in [9.17, 15) is 18.8 Å². The van der Waals surface area contributed by atoms with Gasteiger partial charge in [-0.25, -0.2) is 9.18 Å². The lowest BCUT2D eigenvalue weighted by Crippen LogP contribution is -2.28. The average Bonchev–Trinajstić information content (AvgIpc) is 2.67. The number of hydrogen-bond donors (Lipinski definition) is 2. The van der Waals surface area contributed by atoms with E-state index < -0.39 is 23.1 Å². The van der Waals surface area contributed by atoms with Gasteiger partial charge in [0.15, 0.2) is 0 Å². The van der Waals surface area contributed by atoms with E-state index in [1.807, 2.05) is 0 Å². The summed E-state index contributed by atoms with van der Waals surface area (Å²) < 4.78 is 18.7. The second-order valence-electron chi connectivity index (χ2n) is 5.71. The molecule has 0 radical (unpaired) electrons. The van der Waals surface area contributed by atoms with E-state index in [4.69, 9.17) is 11.6 Å². The van der Waals surface area contributed by atoms with Crippen molar-refractivity contribution in [3.63, 3.8) is 0 Å². The molecule has 0 unspecified atom stereocenters. The number of halogens is 2. The van der Waals surface area contributed by atoms with Crippen LogP contribution in [-0.2, 0) is 11.3 Å². The van der Waals surface area contributed by atoms with E-state index in [1.54, 1.807) is 24.3 Å². The molecule has 1 amide bonds. The van der Waals surface area contributed by atoms with Gasteiger partial charge in [-0.1, -0.05) is 23.7 Å². The number of carbonyl (C=O) groups is 2. The molecule has 1 aromatic heterocycles. The normalized spacial score (nSPS) is 10.6. The third kappa shape index (κ3) is 3.83. The minimum Gasteiger partial charge on any atom is -0.465 e. The average molecular weight is 389 g/mol. The van der Waals surface area contributed by atoms with Gasteiger partial charge in [-0.15, -0.1) is 0 Å². The Balaban J connectivity index is 1.93. The molecule has 0 aliphatic carbocycles. The van der Waals surface area contributed by atoms with Crippen molar-refractivity contribution in [3.8, 4) is 0 Å². The van der Waals surface area contributed by atoms with Crippen LogP contribution in [0.4, 0.5) is 4.39 Å². The number of amides is 1. The van der Waals surface area contributed by atoms with Gasteiger partial charge >= 0.3 is 5.97 Å². The molecule has 0 atom stereocenters. The van der Waals surface area contributed by atoms with Gasteiger partial charge in [0.2, 0.25) is 5.43 Å². The minimum atomic E-state index is -0.793. The molecule has 1 heterocycles. The number of hydrogen-bond acceptors (Lipinski definition) is 4. The van der Waals surface area contributed by atoms with E-state index in [0.717, 1.165) is 24.9 Å². The van der Waals surface area contributed by atoms with E-state index in [0.29, 0.717) is 5.02 Å². The fourth-order valence-corrected chi connectivity index (χ4v) is 2.70. The predicted octanol–water partition coefficient (Wildman–Crippen LogP) is 3.04. The highest BCUT2D eigenvalue weighted by Crippen LogP contribution is 2.17. The number of ether oxygens (including phenoxy) is 1. The van der Waals surface area contributed by atoms with Crippen LogP contribution < -0.4 is 10.7 Å². The highest BCUT2D eigenvalue weighted by molar-refractivity contribution is 6.30. The summed E-state index contributed by atoms with van der Waals surface area (Å²) in [5, 5.41) is 3.07. The molecule has 8 heteroatoms. The zero-order valence-corrected chi connectivity index (χ0v) is 14.9. The van der Waals surface area contributed by atoms with Crippen molar-refractivity contribution in [2.75, 3.05) is 7.11 Å². The zero-order valence-electron chi connectivity index (χ0n) is 14.1. The summed E-state index contributed by atoms with van der Waals surface area (Å²) in [7, 11) is 1.15. The summed E-state index contributed by atoms with van der Waals surface area (Å²) in [6.07, 6.45) is 1.14. The summed E-state index contributed by atoms with van der Waals surface area (Å²) in [6.45, 7) is 0.185. The smallest absolute Gasteiger partial charge is 0.337 e. The van der Waals surface area contributed by atoms with Crippen molar-refractivity contribution in [1.82, 2.24) is 10.3 Å². The molecule has 138 valence electrons. The number of H-pyrrole nitrogens is 1. The van der Waals surface area contributed by atoms with Crippen LogP contribution in [0.1, 0.15) is 26.3 Å². The van der Waals surface area contributed by atoms with Crippen LogP contribution in [0.3, 0.4) is 0 Å². The predicted molar refractivity (Wildman–Crippen MR) is 98.5 cm³/mol. The van der Waals surface area contributed by atoms with Gasteiger partial charge in [0.1, 0.15) is 11.4 Å². The number of benzene rings is 2. The van der Waals surface area contributed by atoms with E-state index >= 15 is 0 Å². The first kappa shape index (κ1) is 18.6. The molecule has 0 bridgehead atoms. The molecular formula is C19H14ClFN2O4. The maximum absolute atomic E-state index is 14.2. The molecule has 6 nitrogen and oxygen atoms in total. The van der Waals surface area contributed by atoms with Crippen molar-refractivity contribution in [2.45, 2.75) is 6.54 Å². The van der Waals surface area contributed by atoms with Gasteiger partial charge < -0.3 is 15.0 Å². The molecule has 0 aliphatic heterocycles. The van der Waals surface area contributed by atoms with Crippen LogP contribution in [0.5, 0.6) is 0 Å². The molecule has 2 N–H and O–H groups in total. The highest BCUT2D eigenvalue weighted by atomic mass is 35.5. The van der Waals surface area contributed by atoms with Gasteiger partial charge in [0.25, 0.3) is 5.91 Å². The Morgan fingerprint density at radius 2 is 1.93 bits per heavy atom. The van der Waals surface area contributed by atoms with Crippen LogP contribution in [0, 0.1) is 5.82 Å². The van der Waals surface area contributed by atoms with Crippen LogP contribution in [0.25, 0.3) is 10.9 Å². The third-order valence-corrected chi connectivity index (χ3v) is 4.22. The summed E-state index contributed by atoms with van der Waals surface area (Å²) in [5.41, 5.74) is -0.308. The van der Waals surface area contributed by atoms with Crippen LogP contribution in [-0.4, -0.2) is 24.0 Å². The quantitative estimate of drug-likeness (QED) is 0.672. The number of rotatable bonds is 4. The SMILES string of the molecule is COC(=O)c1cc(F)c2[nH]cc(C(=O)NCc3ccc(Cl)cc3)c(=O)c2c1. The van der Waals surface area contributed by atoms with Crippen molar-refractivity contribution in [3.05, 3.63) is 80.3 Å². The molecule has 3 aromatic rings. The number of esters is 1. The topological polar surface area (TPSA) is 88.3 Å². The van der Waals surface area contributed by atoms with Crippen molar-refractivity contribution >= 4 is 34.4 Å². The van der Waals surface area contributed by atoms with E-state index in [1.165, 1.54) is 6.07 Å². The van der Waals surface area contributed by atoms with Gasteiger partial charge in [-0.3, -0.25) is 9.59 Å². The molecule has 3 rings (SSSR count). The summed E-state index contributed by atoms with van der Waals surface area (Å²) in [6, 6.07) is 9.01. The Hall–Kier alpha value is -3.19. The fraction of sp³-hybridized carbons (Fsp3) is 0.105. The maximum Gasteiger partial charge on any atom is 0.337 e.